The quantitative estimate of drug-likeness (QED) is 0.586. The van der Waals surface area contributed by atoms with Crippen LogP contribution in [0.4, 0.5) is 0 Å². The van der Waals surface area contributed by atoms with Gasteiger partial charge in [0.05, 0.1) is 0 Å². The molecule has 1 N–H and O–H groups in total. The maximum atomic E-state index is 3.56. The largest absolute Gasteiger partial charge is 0.312 e. The van der Waals surface area contributed by atoms with Crippen LogP contribution in [0.2, 0.25) is 0 Å². The fourth-order valence-corrected chi connectivity index (χ4v) is 3.67. The van der Waals surface area contributed by atoms with E-state index in [-0.39, 0.29) is 0 Å². The molecule has 21 heavy (non-hydrogen) atoms. The number of nitrogens with one attached hydrogen (secondary N) is 1. The van der Waals surface area contributed by atoms with Crippen LogP contribution in [0, 0.1) is 0 Å². The van der Waals surface area contributed by atoms with Crippen molar-refractivity contribution in [2.24, 2.45) is 0 Å². The minimum atomic E-state index is 1.00. The highest BCUT2D eigenvalue weighted by molar-refractivity contribution is 7.98. The number of rotatable bonds is 10. The van der Waals surface area contributed by atoms with Crippen LogP contribution >= 0.6 is 23.1 Å². The number of hydrogen-bond acceptors (Lipinski definition) is 3. The second-order valence-electron chi connectivity index (χ2n) is 5.25. The third-order valence-electron chi connectivity index (χ3n) is 3.51. The van der Waals surface area contributed by atoms with Gasteiger partial charge in [0.15, 0.2) is 0 Å². The summed E-state index contributed by atoms with van der Waals surface area (Å²) < 4.78 is 0. The van der Waals surface area contributed by atoms with Gasteiger partial charge in [0, 0.05) is 11.4 Å². The summed E-state index contributed by atoms with van der Waals surface area (Å²) in [5.41, 5.74) is 2.66. The predicted molar refractivity (Wildman–Crippen MR) is 98.3 cm³/mol. The second kappa shape index (κ2) is 10.0. The summed E-state index contributed by atoms with van der Waals surface area (Å²) in [6.07, 6.45) is 7.58. The lowest BCUT2D eigenvalue weighted by Gasteiger charge is -2.03. The SMILES string of the molecule is CSCCCCCCNCc1cc(-c2ccccc2)cs1. The van der Waals surface area contributed by atoms with Crippen LogP contribution in [0.15, 0.2) is 41.8 Å². The van der Waals surface area contributed by atoms with Crippen molar-refractivity contribution in [3.8, 4) is 11.1 Å². The standard InChI is InChI=1S/C18H25NS2/c1-20-12-8-3-2-7-11-19-14-18-13-17(15-21-18)16-9-5-4-6-10-16/h4-6,9-10,13,15,19H,2-3,7-8,11-12,14H2,1H3. The van der Waals surface area contributed by atoms with Gasteiger partial charge in [-0.2, -0.15) is 11.8 Å². The van der Waals surface area contributed by atoms with Crippen molar-refractivity contribution in [1.82, 2.24) is 5.32 Å². The van der Waals surface area contributed by atoms with Crippen molar-refractivity contribution in [3.63, 3.8) is 0 Å². The van der Waals surface area contributed by atoms with Gasteiger partial charge in [0.25, 0.3) is 0 Å². The molecule has 3 heteroatoms. The molecule has 0 atom stereocenters. The summed E-state index contributed by atoms with van der Waals surface area (Å²) in [4.78, 5) is 1.43. The molecule has 0 aliphatic rings. The Kier molecular flexibility index (Phi) is 7.94. The van der Waals surface area contributed by atoms with Crippen molar-refractivity contribution >= 4 is 23.1 Å². The van der Waals surface area contributed by atoms with E-state index in [9.17, 15) is 0 Å². The third kappa shape index (κ3) is 6.25. The van der Waals surface area contributed by atoms with E-state index in [2.05, 4.69) is 53.4 Å². The van der Waals surface area contributed by atoms with E-state index in [4.69, 9.17) is 0 Å². The van der Waals surface area contributed by atoms with Gasteiger partial charge in [-0.25, -0.2) is 0 Å². The predicted octanol–water partition coefficient (Wildman–Crippen LogP) is 5.43. The fourth-order valence-electron chi connectivity index (χ4n) is 2.32. The van der Waals surface area contributed by atoms with Crippen molar-refractivity contribution in [2.75, 3.05) is 18.6 Å². The second-order valence-corrected chi connectivity index (χ2v) is 7.23. The molecule has 0 radical (unpaired) electrons. The molecule has 0 aliphatic carbocycles. The van der Waals surface area contributed by atoms with Crippen LogP contribution in [0.25, 0.3) is 11.1 Å². The van der Waals surface area contributed by atoms with Gasteiger partial charge in [0.1, 0.15) is 0 Å². The zero-order valence-corrected chi connectivity index (χ0v) is 14.4. The summed E-state index contributed by atoms with van der Waals surface area (Å²) in [5, 5.41) is 5.82. The molecule has 1 aromatic heterocycles. The maximum absolute atomic E-state index is 3.56. The minimum Gasteiger partial charge on any atom is -0.312 e. The molecule has 0 saturated heterocycles. The van der Waals surface area contributed by atoms with Crippen molar-refractivity contribution < 1.29 is 0 Å². The third-order valence-corrected chi connectivity index (χ3v) is 5.15. The number of thioether (sulfide) groups is 1. The average Bonchev–Trinajstić information content (AvgIpc) is 3.00. The lowest BCUT2D eigenvalue weighted by Crippen LogP contribution is -2.13. The van der Waals surface area contributed by atoms with Crippen molar-refractivity contribution in [3.05, 3.63) is 46.7 Å². The molecule has 0 amide bonds. The van der Waals surface area contributed by atoms with Crippen molar-refractivity contribution in [1.29, 1.82) is 0 Å². The summed E-state index contributed by atoms with van der Waals surface area (Å²) >= 11 is 3.81. The lowest BCUT2D eigenvalue weighted by atomic mass is 10.1. The zero-order chi connectivity index (χ0) is 14.8. The Morgan fingerprint density at radius 3 is 2.62 bits per heavy atom. The van der Waals surface area contributed by atoms with E-state index in [1.807, 2.05) is 23.1 Å². The summed E-state index contributed by atoms with van der Waals surface area (Å²) in [7, 11) is 0. The van der Waals surface area contributed by atoms with Crippen LogP contribution in [-0.2, 0) is 6.54 Å². The van der Waals surface area contributed by atoms with Crippen LogP contribution in [-0.4, -0.2) is 18.6 Å². The molecule has 114 valence electrons. The van der Waals surface area contributed by atoms with Gasteiger partial charge < -0.3 is 5.32 Å². The van der Waals surface area contributed by atoms with Crippen molar-refractivity contribution in [2.45, 2.75) is 32.2 Å². The highest BCUT2D eigenvalue weighted by Crippen LogP contribution is 2.25. The van der Waals surface area contributed by atoms with E-state index >= 15 is 0 Å². The fraction of sp³-hybridized carbons (Fsp3) is 0.444. The van der Waals surface area contributed by atoms with E-state index in [0.717, 1.165) is 13.1 Å². The van der Waals surface area contributed by atoms with Gasteiger partial charge >= 0.3 is 0 Å². The normalized spacial score (nSPS) is 10.9. The Morgan fingerprint density at radius 1 is 1.00 bits per heavy atom. The molecule has 0 unspecified atom stereocenters. The maximum Gasteiger partial charge on any atom is 0.0299 e. The first kappa shape index (κ1) is 16.6. The molecular formula is C18H25NS2. The molecule has 1 heterocycles. The smallest absolute Gasteiger partial charge is 0.0299 e. The lowest BCUT2D eigenvalue weighted by molar-refractivity contribution is 0.602. The summed E-state index contributed by atoms with van der Waals surface area (Å²) in [6.45, 7) is 2.14. The average molecular weight is 320 g/mol. The van der Waals surface area contributed by atoms with Crippen LogP contribution in [0.1, 0.15) is 30.6 Å². The molecule has 0 bridgehead atoms. The van der Waals surface area contributed by atoms with Crippen LogP contribution in [0.5, 0.6) is 0 Å². The summed E-state index contributed by atoms with van der Waals surface area (Å²) in [6, 6.07) is 12.9. The molecular weight excluding hydrogens is 294 g/mol. The van der Waals surface area contributed by atoms with Gasteiger partial charge in [-0.15, -0.1) is 11.3 Å². The molecule has 0 fully saturated rings. The molecule has 1 aromatic carbocycles. The summed E-state index contributed by atoms with van der Waals surface area (Å²) in [5.74, 6) is 1.31. The van der Waals surface area contributed by atoms with Gasteiger partial charge in [-0.1, -0.05) is 43.2 Å². The molecule has 0 aliphatic heterocycles. The Hall–Kier alpha value is -0.770. The Balaban J connectivity index is 1.63. The molecule has 0 spiro atoms. The topological polar surface area (TPSA) is 12.0 Å². The first-order valence-corrected chi connectivity index (χ1v) is 10.00. The molecule has 2 aromatic rings. The molecule has 1 nitrogen and oxygen atoms in total. The van der Waals surface area contributed by atoms with Gasteiger partial charge in [0.2, 0.25) is 0 Å². The number of unbranched alkanes of at least 4 members (excludes halogenated alkanes) is 3. The molecule has 0 saturated carbocycles. The number of thiophene rings is 1. The number of benzene rings is 1. The van der Waals surface area contributed by atoms with Gasteiger partial charge in [-0.3, -0.25) is 0 Å². The van der Waals surface area contributed by atoms with E-state index in [1.165, 1.54) is 47.4 Å². The number of hydrogen-bond donors (Lipinski definition) is 1. The monoisotopic (exact) mass is 319 g/mol. The zero-order valence-electron chi connectivity index (χ0n) is 12.8. The minimum absolute atomic E-state index is 1.00. The van der Waals surface area contributed by atoms with E-state index in [0.29, 0.717) is 0 Å². The highest BCUT2D eigenvalue weighted by Gasteiger charge is 2.01. The van der Waals surface area contributed by atoms with Gasteiger partial charge in [-0.05, 0) is 54.0 Å². The highest BCUT2D eigenvalue weighted by atomic mass is 32.2. The Bertz CT molecular complexity index is 493. The first-order valence-electron chi connectivity index (χ1n) is 7.72. The molecule has 2 rings (SSSR count). The van der Waals surface area contributed by atoms with Crippen LogP contribution in [0.3, 0.4) is 0 Å². The Morgan fingerprint density at radius 2 is 1.81 bits per heavy atom. The van der Waals surface area contributed by atoms with Crippen LogP contribution < -0.4 is 5.32 Å². The van der Waals surface area contributed by atoms with E-state index in [1.54, 1.807) is 0 Å². The first-order chi connectivity index (χ1) is 10.4. The Labute approximate surface area is 137 Å². The van der Waals surface area contributed by atoms with E-state index < -0.39 is 0 Å².